The summed E-state index contributed by atoms with van der Waals surface area (Å²) in [7, 11) is 0. The van der Waals surface area contributed by atoms with Crippen molar-refractivity contribution in [2.45, 2.75) is 39.7 Å². The lowest BCUT2D eigenvalue weighted by atomic mass is 10.1. The fraction of sp³-hybridized carbons (Fsp3) is 0.909. The van der Waals surface area contributed by atoms with E-state index in [1.807, 2.05) is 20.8 Å². The Bertz CT molecular complexity index is 183. The highest BCUT2D eigenvalue weighted by Gasteiger charge is 2.10. The van der Waals surface area contributed by atoms with Gasteiger partial charge >= 0.3 is 0 Å². The van der Waals surface area contributed by atoms with Crippen LogP contribution in [0.3, 0.4) is 0 Å². The second kappa shape index (κ2) is 7.65. The van der Waals surface area contributed by atoms with Gasteiger partial charge in [-0.3, -0.25) is 4.79 Å². The molecular weight excluding hydrogens is 192 g/mol. The van der Waals surface area contributed by atoms with Crippen LogP contribution in [-0.2, 0) is 4.79 Å². The predicted molar refractivity (Wildman–Crippen MR) is 61.3 cm³/mol. The number of nitrogens with two attached hydrogens (primary N) is 1. The van der Waals surface area contributed by atoms with Gasteiger partial charge < -0.3 is 16.2 Å². The summed E-state index contributed by atoms with van der Waals surface area (Å²) in [4.78, 5) is 11.3. The van der Waals surface area contributed by atoms with Gasteiger partial charge in [-0.1, -0.05) is 20.8 Å². The van der Waals surface area contributed by atoms with Crippen molar-refractivity contribution in [2.24, 2.45) is 17.6 Å². The molecule has 4 N–H and O–H groups in total. The van der Waals surface area contributed by atoms with Crippen molar-refractivity contribution in [3.8, 4) is 0 Å². The van der Waals surface area contributed by atoms with E-state index >= 15 is 0 Å². The molecule has 0 aromatic heterocycles. The van der Waals surface area contributed by atoms with Crippen molar-refractivity contribution < 1.29 is 9.90 Å². The van der Waals surface area contributed by atoms with Gasteiger partial charge in [-0.15, -0.1) is 0 Å². The Balaban J connectivity index is 3.61. The second-order valence-corrected chi connectivity index (χ2v) is 4.63. The lowest BCUT2D eigenvalue weighted by molar-refractivity contribution is -0.122. The molecule has 0 bridgehead atoms. The summed E-state index contributed by atoms with van der Waals surface area (Å²) in [6.45, 7) is 6.88. The maximum atomic E-state index is 11.3. The average Bonchev–Trinajstić information content (AvgIpc) is 2.13. The first kappa shape index (κ1) is 14.4. The van der Waals surface area contributed by atoms with Gasteiger partial charge in [0.2, 0.25) is 5.91 Å². The van der Waals surface area contributed by atoms with Crippen LogP contribution in [0.1, 0.15) is 33.6 Å². The molecular formula is C11H24N2O2. The highest BCUT2D eigenvalue weighted by atomic mass is 16.3. The SMILES string of the molecule is CC(C)CC(O)CNC(=O)CC(C)CN. The van der Waals surface area contributed by atoms with E-state index in [0.29, 0.717) is 31.8 Å². The maximum Gasteiger partial charge on any atom is 0.220 e. The van der Waals surface area contributed by atoms with Gasteiger partial charge in [0.15, 0.2) is 0 Å². The first-order valence-corrected chi connectivity index (χ1v) is 5.60. The van der Waals surface area contributed by atoms with E-state index in [9.17, 15) is 9.90 Å². The highest BCUT2D eigenvalue weighted by molar-refractivity contribution is 5.76. The van der Waals surface area contributed by atoms with Crippen LogP contribution in [0.25, 0.3) is 0 Å². The number of hydrogen-bond acceptors (Lipinski definition) is 3. The van der Waals surface area contributed by atoms with Gasteiger partial charge in [-0.2, -0.15) is 0 Å². The molecule has 0 saturated carbocycles. The van der Waals surface area contributed by atoms with E-state index in [-0.39, 0.29) is 11.8 Å². The molecule has 0 fully saturated rings. The van der Waals surface area contributed by atoms with Gasteiger partial charge in [0.25, 0.3) is 0 Å². The molecule has 2 atom stereocenters. The molecule has 1 amide bonds. The fourth-order valence-electron chi connectivity index (χ4n) is 1.33. The molecule has 4 heteroatoms. The van der Waals surface area contributed by atoms with Crippen LogP contribution in [0, 0.1) is 11.8 Å². The molecule has 0 radical (unpaired) electrons. The Morgan fingerprint density at radius 3 is 2.47 bits per heavy atom. The number of nitrogens with one attached hydrogen (secondary N) is 1. The number of aliphatic hydroxyl groups excluding tert-OH is 1. The van der Waals surface area contributed by atoms with Gasteiger partial charge in [-0.05, 0) is 24.8 Å². The van der Waals surface area contributed by atoms with E-state index < -0.39 is 6.10 Å². The molecule has 0 aromatic rings. The lowest BCUT2D eigenvalue weighted by Crippen LogP contribution is -2.34. The van der Waals surface area contributed by atoms with Gasteiger partial charge in [0.1, 0.15) is 0 Å². The fourth-order valence-corrected chi connectivity index (χ4v) is 1.33. The Morgan fingerprint density at radius 2 is 2.00 bits per heavy atom. The molecule has 0 aliphatic rings. The number of amides is 1. The topological polar surface area (TPSA) is 75.3 Å². The largest absolute Gasteiger partial charge is 0.391 e. The minimum atomic E-state index is -0.442. The summed E-state index contributed by atoms with van der Waals surface area (Å²) < 4.78 is 0. The normalized spacial score (nSPS) is 15.1. The summed E-state index contributed by atoms with van der Waals surface area (Å²) in [5.74, 6) is 0.614. The molecule has 90 valence electrons. The number of carbonyl (C=O) groups is 1. The van der Waals surface area contributed by atoms with Crippen LogP contribution >= 0.6 is 0 Å². The predicted octanol–water partition coefficient (Wildman–Crippen LogP) is 0.495. The minimum Gasteiger partial charge on any atom is -0.391 e. The van der Waals surface area contributed by atoms with Crippen LogP contribution in [0.4, 0.5) is 0 Å². The zero-order chi connectivity index (χ0) is 11.8. The third kappa shape index (κ3) is 8.39. The van der Waals surface area contributed by atoms with E-state index in [2.05, 4.69) is 5.32 Å². The van der Waals surface area contributed by atoms with Crippen LogP contribution in [0.15, 0.2) is 0 Å². The third-order valence-electron chi connectivity index (χ3n) is 2.21. The van der Waals surface area contributed by atoms with Crippen molar-refractivity contribution in [2.75, 3.05) is 13.1 Å². The summed E-state index contributed by atoms with van der Waals surface area (Å²) in [6, 6.07) is 0. The van der Waals surface area contributed by atoms with E-state index in [1.54, 1.807) is 0 Å². The van der Waals surface area contributed by atoms with E-state index in [0.717, 1.165) is 0 Å². The molecule has 0 aliphatic carbocycles. The first-order chi connectivity index (χ1) is 6.95. The highest BCUT2D eigenvalue weighted by Crippen LogP contribution is 2.04. The van der Waals surface area contributed by atoms with Crippen LogP contribution in [-0.4, -0.2) is 30.2 Å². The van der Waals surface area contributed by atoms with Crippen molar-refractivity contribution in [1.82, 2.24) is 5.32 Å². The van der Waals surface area contributed by atoms with Crippen molar-refractivity contribution in [3.05, 3.63) is 0 Å². The Kier molecular flexibility index (Phi) is 7.34. The molecule has 4 nitrogen and oxygen atoms in total. The van der Waals surface area contributed by atoms with Gasteiger partial charge in [0, 0.05) is 13.0 Å². The quantitative estimate of drug-likeness (QED) is 0.580. The smallest absolute Gasteiger partial charge is 0.220 e. The molecule has 2 unspecified atom stereocenters. The Hall–Kier alpha value is -0.610. The number of carbonyl (C=O) groups excluding carboxylic acids is 1. The Labute approximate surface area is 92.2 Å². The Morgan fingerprint density at radius 1 is 1.40 bits per heavy atom. The lowest BCUT2D eigenvalue weighted by Gasteiger charge is -2.14. The van der Waals surface area contributed by atoms with E-state index in [1.165, 1.54) is 0 Å². The molecule has 0 spiro atoms. The monoisotopic (exact) mass is 216 g/mol. The summed E-state index contributed by atoms with van der Waals surface area (Å²) in [5, 5.41) is 12.2. The summed E-state index contributed by atoms with van der Waals surface area (Å²) in [5.41, 5.74) is 5.41. The second-order valence-electron chi connectivity index (χ2n) is 4.63. The first-order valence-electron chi connectivity index (χ1n) is 5.60. The molecule has 0 aromatic carbocycles. The summed E-state index contributed by atoms with van der Waals surface area (Å²) in [6.07, 6.45) is 0.708. The minimum absolute atomic E-state index is 0.0317. The zero-order valence-corrected chi connectivity index (χ0v) is 9.99. The molecule has 0 saturated heterocycles. The molecule has 0 aliphatic heterocycles. The molecule has 15 heavy (non-hydrogen) atoms. The number of aliphatic hydroxyl groups is 1. The van der Waals surface area contributed by atoms with Gasteiger partial charge in [-0.25, -0.2) is 0 Å². The van der Waals surface area contributed by atoms with Crippen molar-refractivity contribution in [1.29, 1.82) is 0 Å². The zero-order valence-electron chi connectivity index (χ0n) is 9.99. The van der Waals surface area contributed by atoms with Crippen LogP contribution in [0.5, 0.6) is 0 Å². The van der Waals surface area contributed by atoms with Crippen molar-refractivity contribution in [3.63, 3.8) is 0 Å². The van der Waals surface area contributed by atoms with Gasteiger partial charge in [0.05, 0.1) is 6.10 Å². The van der Waals surface area contributed by atoms with E-state index in [4.69, 9.17) is 5.73 Å². The van der Waals surface area contributed by atoms with Crippen molar-refractivity contribution >= 4 is 5.91 Å². The van der Waals surface area contributed by atoms with Crippen LogP contribution in [0.2, 0.25) is 0 Å². The molecule has 0 rings (SSSR count). The number of hydrogen-bond donors (Lipinski definition) is 3. The third-order valence-corrected chi connectivity index (χ3v) is 2.21. The number of rotatable bonds is 7. The molecule has 0 heterocycles. The standard InChI is InChI=1S/C11H24N2O2/c1-8(2)4-10(14)7-13-11(15)5-9(3)6-12/h8-10,14H,4-7,12H2,1-3H3,(H,13,15). The summed E-state index contributed by atoms with van der Waals surface area (Å²) >= 11 is 0. The maximum absolute atomic E-state index is 11.3. The van der Waals surface area contributed by atoms with Crippen LogP contribution < -0.4 is 11.1 Å². The average molecular weight is 216 g/mol.